The van der Waals surface area contributed by atoms with Crippen LogP contribution in [0.15, 0.2) is 36.4 Å². The molecule has 8 heteroatoms. The molecule has 2 N–H and O–H groups in total. The topological polar surface area (TPSA) is 58.6 Å². The van der Waals surface area contributed by atoms with Crippen molar-refractivity contribution >= 4 is 11.7 Å². The fourth-order valence-electron chi connectivity index (χ4n) is 2.67. The Labute approximate surface area is 147 Å². The minimum absolute atomic E-state index is 0.127. The summed E-state index contributed by atoms with van der Waals surface area (Å²) in [5.41, 5.74) is -3.48. The molecule has 4 nitrogen and oxygen atoms in total. The number of aromatic hydroxyl groups is 1. The third kappa shape index (κ3) is 3.31. The first kappa shape index (κ1) is 19.6. The van der Waals surface area contributed by atoms with Crippen LogP contribution in [0.2, 0.25) is 0 Å². The summed E-state index contributed by atoms with van der Waals surface area (Å²) in [6.45, 7) is 2.84. The first-order chi connectivity index (χ1) is 12.0. The molecule has 0 aliphatic carbocycles. The number of phenols is 1. The number of carbonyl (C=O) groups is 1. The van der Waals surface area contributed by atoms with Gasteiger partial charge in [0.05, 0.1) is 7.11 Å². The van der Waals surface area contributed by atoms with Crippen molar-refractivity contribution in [3.63, 3.8) is 0 Å². The average Bonchev–Trinajstić information content (AvgIpc) is 2.57. The van der Waals surface area contributed by atoms with E-state index in [2.05, 4.69) is 10.1 Å². The molecule has 0 spiro atoms. The van der Waals surface area contributed by atoms with Gasteiger partial charge in [-0.2, -0.15) is 13.2 Å². The second kappa shape index (κ2) is 6.86. The molecule has 2 aromatic rings. The van der Waals surface area contributed by atoms with Gasteiger partial charge in [0, 0.05) is 5.69 Å². The van der Waals surface area contributed by atoms with Gasteiger partial charge in [0.25, 0.3) is 5.54 Å². The van der Waals surface area contributed by atoms with E-state index in [1.807, 2.05) is 0 Å². The number of aryl methyl sites for hydroxylation is 2. The normalized spacial score (nSPS) is 13.8. The van der Waals surface area contributed by atoms with E-state index >= 15 is 0 Å². The van der Waals surface area contributed by atoms with Gasteiger partial charge in [0.1, 0.15) is 11.6 Å². The van der Waals surface area contributed by atoms with Gasteiger partial charge in [-0.25, -0.2) is 9.18 Å². The largest absolute Gasteiger partial charge is 0.507 e. The van der Waals surface area contributed by atoms with E-state index < -0.39 is 29.1 Å². The summed E-state index contributed by atoms with van der Waals surface area (Å²) in [6.07, 6.45) is -5.09. The van der Waals surface area contributed by atoms with Crippen LogP contribution in [0.5, 0.6) is 5.75 Å². The fraction of sp³-hybridized carbons (Fsp3) is 0.278. The number of anilines is 1. The molecule has 0 saturated heterocycles. The van der Waals surface area contributed by atoms with E-state index in [4.69, 9.17) is 0 Å². The first-order valence-corrected chi connectivity index (χ1v) is 7.52. The molecule has 0 aliphatic heterocycles. The number of hydrogen-bond donors (Lipinski definition) is 2. The second-order valence-electron chi connectivity index (χ2n) is 5.83. The standard InChI is InChI=1S/C18H17F4NO3/c1-10-8-12(9-11(2)15(10)24)17(16(25)26-3,18(20,21)22)23-14-6-4-13(19)5-7-14/h4-9,23-24H,1-3H3. The lowest BCUT2D eigenvalue weighted by Gasteiger charge is -2.35. The van der Waals surface area contributed by atoms with Crippen molar-refractivity contribution < 1.29 is 32.2 Å². The Morgan fingerprint density at radius 2 is 1.58 bits per heavy atom. The fourth-order valence-corrected chi connectivity index (χ4v) is 2.67. The minimum atomic E-state index is -5.09. The van der Waals surface area contributed by atoms with Gasteiger partial charge in [-0.1, -0.05) is 0 Å². The van der Waals surface area contributed by atoms with Gasteiger partial charge in [-0.15, -0.1) is 0 Å². The van der Waals surface area contributed by atoms with Crippen LogP contribution in [0.3, 0.4) is 0 Å². The Morgan fingerprint density at radius 1 is 1.08 bits per heavy atom. The van der Waals surface area contributed by atoms with Gasteiger partial charge in [0.15, 0.2) is 0 Å². The molecule has 0 bridgehead atoms. The maximum Gasteiger partial charge on any atom is 0.426 e. The van der Waals surface area contributed by atoms with Crippen LogP contribution >= 0.6 is 0 Å². The monoisotopic (exact) mass is 371 g/mol. The number of esters is 1. The summed E-state index contributed by atoms with van der Waals surface area (Å²) in [5.74, 6) is -2.39. The summed E-state index contributed by atoms with van der Waals surface area (Å²) >= 11 is 0. The van der Waals surface area contributed by atoms with Crippen LogP contribution in [0.1, 0.15) is 16.7 Å². The lowest BCUT2D eigenvalue weighted by Crippen LogP contribution is -2.55. The van der Waals surface area contributed by atoms with Gasteiger partial charge >= 0.3 is 12.1 Å². The lowest BCUT2D eigenvalue weighted by molar-refractivity contribution is -0.201. The van der Waals surface area contributed by atoms with Crippen LogP contribution in [-0.4, -0.2) is 24.4 Å². The van der Waals surface area contributed by atoms with Crippen LogP contribution in [0.4, 0.5) is 23.2 Å². The van der Waals surface area contributed by atoms with Crippen LogP contribution in [-0.2, 0) is 15.1 Å². The summed E-state index contributed by atoms with van der Waals surface area (Å²) in [6, 6.07) is 6.21. The zero-order chi connectivity index (χ0) is 19.7. The van der Waals surface area contributed by atoms with Crippen molar-refractivity contribution in [2.45, 2.75) is 25.6 Å². The number of halogens is 4. The van der Waals surface area contributed by atoms with Gasteiger partial charge < -0.3 is 15.2 Å². The average molecular weight is 371 g/mol. The number of ether oxygens (including phenoxy) is 1. The van der Waals surface area contributed by atoms with E-state index in [-0.39, 0.29) is 22.6 Å². The highest BCUT2D eigenvalue weighted by Crippen LogP contribution is 2.44. The van der Waals surface area contributed by atoms with E-state index in [0.29, 0.717) is 0 Å². The number of methoxy groups -OCH3 is 1. The van der Waals surface area contributed by atoms with Crippen molar-refractivity contribution in [2.24, 2.45) is 0 Å². The molecular weight excluding hydrogens is 354 g/mol. The second-order valence-corrected chi connectivity index (χ2v) is 5.83. The highest BCUT2D eigenvalue weighted by Gasteiger charge is 2.63. The third-order valence-electron chi connectivity index (χ3n) is 4.02. The number of alkyl halides is 3. The summed E-state index contributed by atoms with van der Waals surface area (Å²) in [4.78, 5) is 12.3. The van der Waals surface area contributed by atoms with E-state index in [0.717, 1.165) is 43.5 Å². The molecule has 2 aromatic carbocycles. The molecule has 2 rings (SSSR count). The molecule has 0 aliphatic rings. The molecular formula is C18H17F4NO3. The summed E-state index contributed by atoms with van der Waals surface area (Å²) in [5, 5.41) is 12.0. The molecule has 0 aromatic heterocycles. The summed E-state index contributed by atoms with van der Waals surface area (Å²) < 4.78 is 59.9. The van der Waals surface area contributed by atoms with Crippen LogP contribution in [0.25, 0.3) is 0 Å². The lowest BCUT2D eigenvalue weighted by atomic mass is 9.86. The molecule has 1 atom stereocenters. The first-order valence-electron chi connectivity index (χ1n) is 7.52. The highest BCUT2D eigenvalue weighted by molar-refractivity contribution is 5.87. The molecule has 0 fully saturated rings. The maximum atomic E-state index is 14.1. The van der Waals surface area contributed by atoms with Gasteiger partial charge in [-0.05, 0) is 66.9 Å². The van der Waals surface area contributed by atoms with Crippen molar-refractivity contribution in [2.75, 3.05) is 12.4 Å². The zero-order valence-corrected chi connectivity index (χ0v) is 14.2. The number of benzene rings is 2. The molecule has 1 unspecified atom stereocenters. The SMILES string of the molecule is COC(=O)C(Nc1ccc(F)cc1)(c1cc(C)c(O)c(C)c1)C(F)(F)F. The molecule has 0 saturated carbocycles. The quantitative estimate of drug-likeness (QED) is 0.625. The van der Waals surface area contributed by atoms with Gasteiger partial charge in [0.2, 0.25) is 0 Å². The Morgan fingerprint density at radius 3 is 2.00 bits per heavy atom. The molecule has 0 radical (unpaired) electrons. The van der Waals surface area contributed by atoms with Crippen molar-refractivity contribution in [1.29, 1.82) is 0 Å². The van der Waals surface area contributed by atoms with Crippen LogP contribution in [0, 0.1) is 19.7 Å². The Bertz CT molecular complexity index is 795. The van der Waals surface area contributed by atoms with Crippen molar-refractivity contribution in [3.05, 3.63) is 58.9 Å². The minimum Gasteiger partial charge on any atom is -0.507 e. The Kier molecular flexibility index (Phi) is 5.16. The number of phenolic OH excluding ortho intramolecular Hbond substituents is 1. The van der Waals surface area contributed by atoms with Crippen molar-refractivity contribution in [3.8, 4) is 5.75 Å². The smallest absolute Gasteiger partial charge is 0.426 e. The Hall–Kier alpha value is -2.77. The number of rotatable bonds is 4. The predicted molar refractivity (Wildman–Crippen MR) is 87.4 cm³/mol. The molecule has 26 heavy (non-hydrogen) atoms. The van der Waals surface area contributed by atoms with E-state index in [1.54, 1.807) is 0 Å². The zero-order valence-electron chi connectivity index (χ0n) is 14.2. The van der Waals surface area contributed by atoms with Crippen LogP contribution < -0.4 is 5.32 Å². The number of nitrogens with one attached hydrogen (secondary N) is 1. The van der Waals surface area contributed by atoms with Gasteiger partial charge in [-0.3, -0.25) is 0 Å². The van der Waals surface area contributed by atoms with E-state index in [9.17, 15) is 27.5 Å². The Balaban J connectivity index is 2.75. The number of hydrogen-bond acceptors (Lipinski definition) is 4. The highest BCUT2D eigenvalue weighted by atomic mass is 19.4. The third-order valence-corrected chi connectivity index (χ3v) is 4.02. The molecule has 140 valence electrons. The number of carbonyl (C=O) groups excluding carboxylic acids is 1. The maximum absolute atomic E-state index is 14.1. The van der Waals surface area contributed by atoms with Crippen molar-refractivity contribution in [1.82, 2.24) is 0 Å². The summed E-state index contributed by atoms with van der Waals surface area (Å²) in [7, 11) is 0.843. The van der Waals surface area contributed by atoms with E-state index in [1.165, 1.54) is 13.8 Å². The predicted octanol–water partition coefficient (Wildman–Crippen LogP) is 4.19. The molecule has 0 heterocycles. The molecule has 0 amide bonds.